The van der Waals surface area contributed by atoms with Crippen LogP contribution in [0.25, 0.3) is 0 Å². The van der Waals surface area contributed by atoms with Gasteiger partial charge in [0.05, 0.1) is 0 Å². The topological polar surface area (TPSA) is 63.2 Å². The molecule has 0 atom stereocenters. The van der Waals surface area contributed by atoms with Gasteiger partial charge in [0, 0.05) is 20.4 Å². The normalized spacial score (nSPS) is 5.83. The van der Waals surface area contributed by atoms with Crippen LogP contribution < -0.4 is 0 Å². The summed E-state index contributed by atoms with van der Waals surface area (Å²) >= 11 is -3.11. The third kappa shape index (κ3) is 37.6. The van der Waals surface area contributed by atoms with Crippen molar-refractivity contribution in [1.82, 2.24) is 0 Å². The maximum atomic E-state index is 8.44. The van der Waals surface area contributed by atoms with Crippen LogP contribution >= 0.6 is 0 Å². The van der Waals surface area contributed by atoms with E-state index in [0.29, 0.717) is 0 Å². The monoisotopic (exact) mass is 226 g/mol. The second kappa shape index (κ2) is 10.1. The molecule has 0 radical (unpaired) electrons. The zero-order valence-electron chi connectivity index (χ0n) is 2.66. The minimum atomic E-state index is -3.11. The van der Waals surface area contributed by atoms with Gasteiger partial charge in [0.25, 0.3) is 0 Å². The summed E-state index contributed by atoms with van der Waals surface area (Å²) in [7, 11) is 0. The van der Waals surface area contributed by atoms with Gasteiger partial charge in [-0.15, -0.1) is 11.4 Å². The van der Waals surface area contributed by atoms with Gasteiger partial charge in [0.1, 0.15) is 0 Å². The van der Waals surface area contributed by atoms with Gasteiger partial charge in [-0.2, -0.15) is 0 Å². The molecule has 0 amide bonds. The molecule has 6 heteroatoms. The van der Waals surface area contributed by atoms with E-state index in [-0.39, 0.29) is 58.2 Å². The number of hydrogen-bond acceptors (Lipinski definition) is 3. The maximum absolute atomic E-state index is 8.44. The van der Waals surface area contributed by atoms with Crippen LogP contribution in [0.4, 0.5) is 0 Å². The van der Waals surface area contributed by atoms with Gasteiger partial charge in [-0.3, -0.25) is 4.21 Å². The molecular weight excluding hydrogens is 227 g/mol. The fraction of sp³-hybridized carbons (Fsp3) is 0. The van der Waals surface area contributed by atoms with E-state index in [1.807, 2.05) is 0 Å². The zero-order chi connectivity index (χ0) is 3.58. The molecule has 0 aromatic heterocycles. The van der Waals surface area contributed by atoms with E-state index in [2.05, 4.69) is 0 Å². The fourth-order valence-electron chi connectivity index (χ4n) is 0. The quantitative estimate of drug-likeness (QED) is 0.378. The third-order valence-electron chi connectivity index (χ3n) is 0. The van der Waals surface area contributed by atoms with E-state index in [1.54, 1.807) is 0 Å². The average molecular weight is 227 g/mol. The summed E-state index contributed by atoms with van der Waals surface area (Å²) < 4.78 is 25.3. The van der Waals surface area contributed by atoms with Crippen molar-refractivity contribution >= 4 is 49.1 Å². The molecule has 0 saturated carbocycles. The first-order valence-electron chi connectivity index (χ1n) is 0.500. The standard InChI is InChI=1S/Ca.H2O3S.Pd/c;1-4(2)3;/h;(H2,1,2,3);/q+2;;/p-2. The van der Waals surface area contributed by atoms with Crippen molar-refractivity contribution in [2.45, 2.75) is 0 Å². The van der Waals surface area contributed by atoms with Crippen molar-refractivity contribution in [2.24, 2.45) is 0 Å². The van der Waals surface area contributed by atoms with Crippen LogP contribution in [0.1, 0.15) is 0 Å². The molecule has 0 fully saturated rings. The van der Waals surface area contributed by atoms with Crippen LogP contribution in [0.3, 0.4) is 0 Å². The Morgan fingerprint density at radius 3 is 1.33 bits per heavy atom. The van der Waals surface area contributed by atoms with Crippen LogP contribution in [0.5, 0.6) is 0 Å². The molecular formula is CaO3PdS. The van der Waals surface area contributed by atoms with E-state index in [0.717, 1.165) is 0 Å². The van der Waals surface area contributed by atoms with Gasteiger partial charge in [-0.05, 0) is 0 Å². The van der Waals surface area contributed by atoms with E-state index in [1.165, 1.54) is 0 Å². The molecule has 0 N–H and O–H groups in total. The molecule has 0 saturated heterocycles. The Hall–Kier alpha value is 1.99. The molecule has 6 heavy (non-hydrogen) atoms. The molecule has 0 bridgehead atoms. The Morgan fingerprint density at radius 1 is 1.33 bits per heavy atom. The summed E-state index contributed by atoms with van der Waals surface area (Å²) in [4.78, 5) is 0. The third-order valence-corrected chi connectivity index (χ3v) is 0. The predicted molar refractivity (Wildman–Crippen MR) is 15.5 cm³/mol. The Balaban J connectivity index is -0.0000000450. The van der Waals surface area contributed by atoms with Gasteiger partial charge in [0.15, 0.2) is 0 Å². The Kier molecular flexibility index (Phi) is 26.3. The first-order chi connectivity index (χ1) is 1.73. The zero-order valence-corrected chi connectivity index (χ0v) is 7.24. The van der Waals surface area contributed by atoms with Gasteiger partial charge in [-0.1, -0.05) is 0 Å². The molecule has 0 aromatic rings. The molecule has 3 nitrogen and oxygen atoms in total. The van der Waals surface area contributed by atoms with Crippen LogP contribution in [-0.2, 0) is 31.8 Å². The summed E-state index contributed by atoms with van der Waals surface area (Å²) in [6.07, 6.45) is 0. The summed E-state index contributed by atoms with van der Waals surface area (Å²) in [6, 6.07) is 0. The SMILES string of the molecule is O=S([O-])[O-].[Ca+2].[Pd]. The van der Waals surface area contributed by atoms with Gasteiger partial charge < -0.3 is 9.11 Å². The van der Waals surface area contributed by atoms with Crippen LogP contribution in [0.15, 0.2) is 0 Å². The van der Waals surface area contributed by atoms with E-state index in [9.17, 15) is 0 Å². The van der Waals surface area contributed by atoms with Gasteiger partial charge in [0.2, 0.25) is 0 Å². The van der Waals surface area contributed by atoms with E-state index in [4.69, 9.17) is 13.3 Å². The fourth-order valence-corrected chi connectivity index (χ4v) is 0. The van der Waals surface area contributed by atoms with Crippen LogP contribution in [-0.4, -0.2) is 51.1 Å². The Morgan fingerprint density at radius 2 is 1.33 bits per heavy atom. The molecule has 0 aliphatic heterocycles. The Labute approximate surface area is 81.7 Å². The van der Waals surface area contributed by atoms with E-state index < -0.39 is 11.4 Å². The van der Waals surface area contributed by atoms with Gasteiger partial charge in [-0.25, -0.2) is 0 Å². The Bertz CT molecular complexity index is 33.8. The van der Waals surface area contributed by atoms with Crippen LogP contribution in [0, 0.1) is 0 Å². The van der Waals surface area contributed by atoms with Crippen molar-refractivity contribution in [3.8, 4) is 0 Å². The van der Waals surface area contributed by atoms with Crippen molar-refractivity contribution in [1.29, 1.82) is 0 Å². The summed E-state index contributed by atoms with van der Waals surface area (Å²) in [5, 5.41) is 0. The smallest absolute Gasteiger partial charge is 0.784 e. The predicted octanol–water partition coefficient (Wildman–Crippen LogP) is -1.39. The molecule has 0 heterocycles. The molecule has 0 aromatic carbocycles. The van der Waals surface area contributed by atoms with Gasteiger partial charge >= 0.3 is 37.7 Å². The first-order valence-corrected chi connectivity index (χ1v) is 1.50. The van der Waals surface area contributed by atoms with Crippen LogP contribution in [0.2, 0.25) is 0 Å². The molecule has 0 aliphatic rings. The summed E-state index contributed by atoms with van der Waals surface area (Å²) in [6.45, 7) is 0. The summed E-state index contributed by atoms with van der Waals surface area (Å²) in [5.74, 6) is 0. The largest absolute Gasteiger partial charge is 2.00 e. The molecule has 0 rings (SSSR count). The van der Waals surface area contributed by atoms with Crippen molar-refractivity contribution in [2.75, 3.05) is 0 Å². The molecule has 36 valence electrons. The average Bonchev–Trinajstić information content (AvgIpc) is 0.811. The molecule has 0 unspecified atom stereocenters. The minimum Gasteiger partial charge on any atom is -0.784 e. The molecule has 0 aliphatic carbocycles. The van der Waals surface area contributed by atoms with Crippen molar-refractivity contribution in [3.05, 3.63) is 0 Å². The second-order valence-corrected chi connectivity index (χ2v) is 0.612. The second-order valence-electron chi connectivity index (χ2n) is 0.204. The minimum absolute atomic E-state index is 0. The maximum Gasteiger partial charge on any atom is 2.00 e. The summed E-state index contributed by atoms with van der Waals surface area (Å²) in [5.41, 5.74) is 0. The van der Waals surface area contributed by atoms with Crippen molar-refractivity contribution in [3.63, 3.8) is 0 Å². The van der Waals surface area contributed by atoms with Crippen molar-refractivity contribution < 1.29 is 33.7 Å². The number of hydrogen-bond donors (Lipinski definition) is 0. The molecule has 0 spiro atoms. The number of rotatable bonds is 0. The first kappa shape index (κ1) is 15.7. The van der Waals surface area contributed by atoms with E-state index >= 15 is 0 Å².